The van der Waals surface area contributed by atoms with Gasteiger partial charge in [0, 0.05) is 28.4 Å². The summed E-state index contributed by atoms with van der Waals surface area (Å²) in [6.07, 6.45) is 1.63. The molecule has 0 aliphatic rings. The fourth-order valence-corrected chi connectivity index (χ4v) is 3.38. The minimum absolute atomic E-state index is 0.175. The van der Waals surface area contributed by atoms with E-state index in [9.17, 15) is 9.59 Å². The van der Waals surface area contributed by atoms with Crippen molar-refractivity contribution in [1.82, 2.24) is 14.1 Å². The van der Waals surface area contributed by atoms with Gasteiger partial charge in [0.05, 0.1) is 12.1 Å². The van der Waals surface area contributed by atoms with Crippen molar-refractivity contribution in [2.45, 2.75) is 26.9 Å². The zero-order chi connectivity index (χ0) is 18.8. The number of hydrogen-bond donors (Lipinski definition) is 0. The van der Waals surface area contributed by atoms with Crippen molar-refractivity contribution in [1.29, 1.82) is 0 Å². The molecule has 8 heteroatoms. The number of imidazole rings is 1. The smallest absolute Gasteiger partial charge is 0.330 e. The monoisotopic (exact) mass is 393 g/mol. The number of halogens is 2. The number of fused-ring (bicyclic) bond motifs is 1. The third-order valence-electron chi connectivity index (χ3n) is 3.96. The van der Waals surface area contributed by atoms with E-state index in [2.05, 4.69) is 4.98 Å². The molecule has 0 bridgehead atoms. The number of rotatable bonds is 5. The molecule has 0 amide bonds. The molecule has 0 N–H and O–H groups in total. The molecular weight excluding hydrogens is 377 g/mol. The van der Waals surface area contributed by atoms with E-state index in [1.54, 1.807) is 35.9 Å². The molecule has 2 aromatic heterocycles. The Kier molecular flexibility index (Phi) is 5.34. The second-order valence-electron chi connectivity index (χ2n) is 5.64. The van der Waals surface area contributed by atoms with Crippen LogP contribution >= 0.6 is 23.2 Å². The van der Waals surface area contributed by atoms with Crippen LogP contribution < -0.4 is 5.69 Å². The highest BCUT2D eigenvalue weighted by Crippen LogP contribution is 2.28. The van der Waals surface area contributed by atoms with Crippen molar-refractivity contribution in [3.63, 3.8) is 0 Å². The van der Waals surface area contributed by atoms with Crippen LogP contribution in [0.15, 0.2) is 35.3 Å². The first kappa shape index (κ1) is 18.5. The Balaban J connectivity index is 2.15. The quantitative estimate of drug-likeness (QED) is 0.619. The van der Waals surface area contributed by atoms with Crippen molar-refractivity contribution >= 4 is 40.3 Å². The lowest BCUT2D eigenvalue weighted by atomic mass is 10.1. The maximum atomic E-state index is 12.7. The number of carbonyl (C=O) groups excluding carboxylic acids is 1. The van der Waals surface area contributed by atoms with Crippen LogP contribution in [0.2, 0.25) is 10.0 Å². The van der Waals surface area contributed by atoms with E-state index in [1.165, 1.54) is 4.57 Å². The molecule has 0 radical (unpaired) electrons. The van der Waals surface area contributed by atoms with Gasteiger partial charge in [-0.2, -0.15) is 0 Å². The number of benzene rings is 1. The van der Waals surface area contributed by atoms with Gasteiger partial charge in [0.25, 0.3) is 0 Å². The minimum Gasteiger partial charge on any atom is -0.465 e. The normalized spacial score (nSPS) is 11.1. The van der Waals surface area contributed by atoms with Crippen molar-refractivity contribution in [3.8, 4) is 11.1 Å². The van der Waals surface area contributed by atoms with Crippen LogP contribution in [0, 0.1) is 0 Å². The van der Waals surface area contributed by atoms with Crippen LogP contribution in [0.25, 0.3) is 22.3 Å². The standard InChI is InChI=1S/C18H17Cl2N3O3/c1-3-22-15-7-12(11-5-13(19)8-14(20)6-11)9-21-17(15)23(18(22)25)10-16(24)26-4-2/h5-9H,3-4,10H2,1-2H3. The molecule has 26 heavy (non-hydrogen) atoms. The van der Waals surface area contributed by atoms with Crippen LogP contribution in [0.4, 0.5) is 0 Å². The lowest BCUT2D eigenvalue weighted by molar-refractivity contribution is -0.143. The molecule has 0 saturated carbocycles. The number of carbonyl (C=O) groups is 1. The average Bonchev–Trinajstić information content (AvgIpc) is 2.85. The summed E-state index contributed by atoms with van der Waals surface area (Å²) < 4.78 is 7.84. The Hall–Kier alpha value is -2.31. The van der Waals surface area contributed by atoms with Crippen molar-refractivity contribution in [2.24, 2.45) is 0 Å². The zero-order valence-corrected chi connectivity index (χ0v) is 15.8. The number of esters is 1. The highest BCUT2D eigenvalue weighted by molar-refractivity contribution is 6.35. The predicted octanol–water partition coefficient (Wildman–Crippen LogP) is 3.75. The molecule has 0 saturated heterocycles. The van der Waals surface area contributed by atoms with Gasteiger partial charge in [0.15, 0.2) is 5.65 Å². The molecule has 3 aromatic rings. The van der Waals surface area contributed by atoms with Gasteiger partial charge in [-0.1, -0.05) is 23.2 Å². The van der Waals surface area contributed by atoms with E-state index in [1.807, 2.05) is 13.0 Å². The molecule has 136 valence electrons. The lowest BCUT2D eigenvalue weighted by Crippen LogP contribution is -2.27. The number of pyridine rings is 1. The first-order chi connectivity index (χ1) is 12.4. The van der Waals surface area contributed by atoms with Crippen LogP contribution in [0.3, 0.4) is 0 Å². The fourth-order valence-electron chi connectivity index (χ4n) is 2.85. The van der Waals surface area contributed by atoms with Gasteiger partial charge in [-0.3, -0.25) is 13.9 Å². The van der Waals surface area contributed by atoms with Crippen molar-refractivity contribution in [2.75, 3.05) is 6.61 Å². The summed E-state index contributed by atoms with van der Waals surface area (Å²) in [5, 5.41) is 1.03. The first-order valence-electron chi connectivity index (χ1n) is 8.15. The second-order valence-corrected chi connectivity index (χ2v) is 6.52. The van der Waals surface area contributed by atoms with Crippen LogP contribution in [0.5, 0.6) is 0 Å². The highest BCUT2D eigenvalue weighted by atomic mass is 35.5. The largest absolute Gasteiger partial charge is 0.465 e. The third-order valence-corrected chi connectivity index (χ3v) is 4.40. The number of aryl methyl sites for hydroxylation is 1. The Bertz CT molecular complexity index is 1020. The Morgan fingerprint density at radius 1 is 1.08 bits per heavy atom. The van der Waals surface area contributed by atoms with Crippen LogP contribution in [-0.4, -0.2) is 26.7 Å². The molecule has 0 unspecified atom stereocenters. The summed E-state index contributed by atoms with van der Waals surface area (Å²) in [5.74, 6) is -0.475. The fraction of sp³-hybridized carbons (Fsp3) is 0.278. The molecule has 0 fully saturated rings. The number of hydrogen-bond acceptors (Lipinski definition) is 4. The van der Waals surface area contributed by atoms with Gasteiger partial charge >= 0.3 is 11.7 Å². The van der Waals surface area contributed by atoms with Crippen LogP contribution in [0.1, 0.15) is 13.8 Å². The van der Waals surface area contributed by atoms with E-state index in [-0.39, 0.29) is 18.8 Å². The Morgan fingerprint density at radius 3 is 2.38 bits per heavy atom. The van der Waals surface area contributed by atoms with E-state index in [0.717, 1.165) is 11.1 Å². The van der Waals surface area contributed by atoms with Crippen LogP contribution in [-0.2, 0) is 22.6 Å². The summed E-state index contributed by atoms with van der Waals surface area (Å²) in [6, 6.07) is 7.05. The number of nitrogens with zero attached hydrogens (tertiary/aromatic N) is 3. The van der Waals surface area contributed by atoms with Crippen molar-refractivity contribution < 1.29 is 9.53 Å². The van der Waals surface area contributed by atoms with E-state index in [4.69, 9.17) is 27.9 Å². The van der Waals surface area contributed by atoms with Gasteiger partial charge in [0.2, 0.25) is 0 Å². The Morgan fingerprint density at radius 2 is 1.77 bits per heavy atom. The topological polar surface area (TPSA) is 66.1 Å². The molecule has 2 heterocycles. The van der Waals surface area contributed by atoms with Gasteiger partial charge in [0.1, 0.15) is 6.54 Å². The summed E-state index contributed by atoms with van der Waals surface area (Å²) >= 11 is 12.2. The summed E-state index contributed by atoms with van der Waals surface area (Å²) in [5.41, 5.74) is 2.34. The van der Waals surface area contributed by atoms with Gasteiger partial charge < -0.3 is 4.74 Å². The SMILES string of the molecule is CCOC(=O)Cn1c(=O)n(CC)c2cc(-c3cc(Cl)cc(Cl)c3)cnc21. The summed E-state index contributed by atoms with van der Waals surface area (Å²) in [4.78, 5) is 28.9. The van der Waals surface area contributed by atoms with Gasteiger partial charge in [-0.05, 0) is 43.7 Å². The maximum absolute atomic E-state index is 12.7. The van der Waals surface area contributed by atoms with E-state index in [0.29, 0.717) is 27.8 Å². The lowest BCUT2D eigenvalue weighted by Gasteiger charge is -2.05. The van der Waals surface area contributed by atoms with Gasteiger partial charge in [-0.15, -0.1) is 0 Å². The Labute approximate surface area is 159 Å². The molecule has 6 nitrogen and oxygen atoms in total. The number of aromatic nitrogens is 3. The summed E-state index contributed by atoms with van der Waals surface area (Å²) in [7, 11) is 0. The zero-order valence-electron chi connectivity index (χ0n) is 14.3. The van der Waals surface area contributed by atoms with E-state index >= 15 is 0 Å². The molecular formula is C18H17Cl2N3O3. The number of ether oxygens (including phenoxy) is 1. The third kappa shape index (κ3) is 3.48. The van der Waals surface area contributed by atoms with Crippen molar-refractivity contribution in [3.05, 3.63) is 51.0 Å². The second kappa shape index (κ2) is 7.51. The first-order valence-corrected chi connectivity index (χ1v) is 8.91. The molecule has 1 aromatic carbocycles. The molecule has 3 rings (SSSR count). The molecule has 0 spiro atoms. The molecule has 0 aliphatic carbocycles. The highest BCUT2D eigenvalue weighted by Gasteiger charge is 2.17. The minimum atomic E-state index is -0.475. The van der Waals surface area contributed by atoms with E-state index < -0.39 is 5.97 Å². The molecule has 0 atom stereocenters. The predicted molar refractivity (Wildman–Crippen MR) is 102 cm³/mol. The molecule has 0 aliphatic heterocycles. The average molecular weight is 394 g/mol. The van der Waals surface area contributed by atoms with Gasteiger partial charge in [-0.25, -0.2) is 9.78 Å². The maximum Gasteiger partial charge on any atom is 0.330 e. The summed E-state index contributed by atoms with van der Waals surface area (Å²) in [6.45, 7) is 4.11.